The second-order valence-electron chi connectivity index (χ2n) is 6.80. The normalized spacial score (nSPS) is 15.2. The van der Waals surface area contributed by atoms with Gasteiger partial charge in [0.05, 0.1) is 5.56 Å². The number of rotatable bonds is 2. The quantitative estimate of drug-likeness (QED) is 0.914. The Hall–Kier alpha value is -2.56. The SMILES string of the molecule is Cc1cccc(C(=O)N2CCCN(C(=O)c3cc(C)[nH]c3C)CC2)c1. The maximum absolute atomic E-state index is 12.8. The minimum absolute atomic E-state index is 0.0478. The Morgan fingerprint density at radius 2 is 1.60 bits per heavy atom. The third kappa shape index (κ3) is 3.76. The van der Waals surface area contributed by atoms with Gasteiger partial charge in [-0.25, -0.2) is 0 Å². The Morgan fingerprint density at radius 3 is 2.20 bits per heavy atom. The summed E-state index contributed by atoms with van der Waals surface area (Å²) in [7, 11) is 0. The standard InChI is InChI=1S/C20H25N3O2/c1-14-6-4-7-17(12-14)19(24)22-8-5-9-23(11-10-22)20(25)18-13-15(2)21-16(18)3/h4,6-7,12-13,21H,5,8-11H2,1-3H3. The molecule has 0 unspecified atom stereocenters. The van der Waals surface area contributed by atoms with Gasteiger partial charge < -0.3 is 14.8 Å². The highest BCUT2D eigenvalue weighted by atomic mass is 16.2. The Kier molecular flexibility index (Phi) is 4.93. The molecule has 1 aromatic heterocycles. The fourth-order valence-electron chi connectivity index (χ4n) is 3.40. The number of aromatic amines is 1. The fraction of sp³-hybridized carbons (Fsp3) is 0.400. The van der Waals surface area contributed by atoms with Crippen molar-refractivity contribution in [2.24, 2.45) is 0 Å². The molecule has 1 fully saturated rings. The molecular formula is C20H25N3O2. The zero-order valence-corrected chi connectivity index (χ0v) is 15.1. The van der Waals surface area contributed by atoms with Gasteiger partial charge in [0.2, 0.25) is 0 Å². The van der Waals surface area contributed by atoms with Gasteiger partial charge in [-0.1, -0.05) is 17.7 Å². The molecule has 2 aromatic rings. The highest BCUT2D eigenvalue weighted by Gasteiger charge is 2.24. The number of carbonyl (C=O) groups excluding carboxylic acids is 2. The zero-order valence-electron chi connectivity index (χ0n) is 15.1. The minimum atomic E-state index is 0.0478. The van der Waals surface area contributed by atoms with E-state index in [-0.39, 0.29) is 11.8 Å². The summed E-state index contributed by atoms with van der Waals surface area (Å²) < 4.78 is 0. The molecule has 5 heteroatoms. The van der Waals surface area contributed by atoms with E-state index in [1.807, 2.05) is 60.9 Å². The van der Waals surface area contributed by atoms with Crippen LogP contribution in [-0.2, 0) is 0 Å². The summed E-state index contributed by atoms with van der Waals surface area (Å²) >= 11 is 0. The molecule has 132 valence electrons. The first-order valence-electron chi connectivity index (χ1n) is 8.77. The van der Waals surface area contributed by atoms with Crippen molar-refractivity contribution < 1.29 is 9.59 Å². The zero-order chi connectivity index (χ0) is 18.0. The monoisotopic (exact) mass is 339 g/mol. The summed E-state index contributed by atoms with van der Waals surface area (Å²) in [6, 6.07) is 9.57. The molecular weight excluding hydrogens is 314 g/mol. The number of aryl methyl sites for hydroxylation is 3. The smallest absolute Gasteiger partial charge is 0.255 e. The lowest BCUT2D eigenvalue weighted by atomic mass is 10.1. The van der Waals surface area contributed by atoms with Crippen LogP contribution in [0, 0.1) is 20.8 Å². The number of carbonyl (C=O) groups is 2. The molecule has 0 bridgehead atoms. The van der Waals surface area contributed by atoms with E-state index in [9.17, 15) is 9.59 Å². The lowest BCUT2D eigenvalue weighted by Gasteiger charge is -2.22. The molecule has 0 aliphatic carbocycles. The third-order valence-electron chi connectivity index (χ3n) is 4.72. The van der Waals surface area contributed by atoms with Crippen LogP contribution in [0.25, 0.3) is 0 Å². The molecule has 1 aromatic carbocycles. The molecule has 2 amide bonds. The van der Waals surface area contributed by atoms with Crippen LogP contribution in [0.2, 0.25) is 0 Å². The summed E-state index contributed by atoms with van der Waals surface area (Å²) in [6.07, 6.45) is 0.797. The third-order valence-corrected chi connectivity index (χ3v) is 4.72. The number of aromatic nitrogens is 1. The van der Waals surface area contributed by atoms with E-state index in [0.717, 1.165) is 34.5 Å². The number of hydrogen-bond donors (Lipinski definition) is 1. The van der Waals surface area contributed by atoms with Crippen LogP contribution in [0.1, 0.15) is 44.1 Å². The summed E-state index contributed by atoms with van der Waals surface area (Å²) in [4.78, 5) is 32.4. The van der Waals surface area contributed by atoms with Crippen molar-refractivity contribution in [3.8, 4) is 0 Å². The van der Waals surface area contributed by atoms with Crippen molar-refractivity contribution in [3.63, 3.8) is 0 Å². The van der Waals surface area contributed by atoms with Gasteiger partial charge in [-0.05, 0) is 45.4 Å². The number of benzene rings is 1. The largest absolute Gasteiger partial charge is 0.362 e. The molecule has 1 N–H and O–H groups in total. The molecule has 1 aliphatic heterocycles. The predicted molar refractivity (Wildman–Crippen MR) is 97.9 cm³/mol. The van der Waals surface area contributed by atoms with Crippen molar-refractivity contribution in [3.05, 3.63) is 58.4 Å². The number of amides is 2. The van der Waals surface area contributed by atoms with E-state index >= 15 is 0 Å². The van der Waals surface area contributed by atoms with E-state index in [1.165, 1.54) is 0 Å². The Balaban J connectivity index is 1.69. The highest BCUT2D eigenvalue weighted by Crippen LogP contribution is 2.16. The molecule has 3 rings (SSSR count). The van der Waals surface area contributed by atoms with Crippen LogP contribution in [0.4, 0.5) is 0 Å². The minimum Gasteiger partial charge on any atom is -0.362 e. The average molecular weight is 339 g/mol. The molecule has 0 radical (unpaired) electrons. The topological polar surface area (TPSA) is 56.4 Å². The van der Waals surface area contributed by atoms with E-state index in [0.29, 0.717) is 26.2 Å². The molecule has 0 atom stereocenters. The average Bonchev–Trinajstić information content (AvgIpc) is 2.79. The Morgan fingerprint density at radius 1 is 0.920 bits per heavy atom. The lowest BCUT2D eigenvalue weighted by Crippen LogP contribution is -2.37. The van der Waals surface area contributed by atoms with E-state index in [1.54, 1.807) is 0 Å². The van der Waals surface area contributed by atoms with Gasteiger partial charge in [-0.3, -0.25) is 9.59 Å². The molecule has 5 nitrogen and oxygen atoms in total. The van der Waals surface area contributed by atoms with Crippen molar-refractivity contribution >= 4 is 11.8 Å². The van der Waals surface area contributed by atoms with Gasteiger partial charge in [0.15, 0.2) is 0 Å². The molecule has 0 spiro atoms. The fourth-order valence-corrected chi connectivity index (χ4v) is 3.40. The van der Waals surface area contributed by atoms with Gasteiger partial charge in [0.25, 0.3) is 11.8 Å². The first-order chi connectivity index (χ1) is 12.0. The molecule has 25 heavy (non-hydrogen) atoms. The van der Waals surface area contributed by atoms with Crippen LogP contribution in [0.15, 0.2) is 30.3 Å². The first kappa shape index (κ1) is 17.3. The van der Waals surface area contributed by atoms with Crippen molar-refractivity contribution in [1.29, 1.82) is 0 Å². The summed E-state index contributed by atoms with van der Waals surface area (Å²) in [5, 5.41) is 0. The Bertz CT molecular complexity index is 794. The van der Waals surface area contributed by atoms with Crippen LogP contribution >= 0.6 is 0 Å². The number of hydrogen-bond acceptors (Lipinski definition) is 2. The number of nitrogens with zero attached hydrogens (tertiary/aromatic N) is 2. The first-order valence-corrected chi connectivity index (χ1v) is 8.77. The molecule has 2 heterocycles. The van der Waals surface area contributed by atoms with Crippen LogP contribution in [0.5, 0.6) is 0 Å². The number of nitrogens with one attached hydrogen (secondary N) is 1. The van der Waals surface area contributed by atoms with Gasteiger partial charge in [0, 0.05) is 43.1 Å². The Labute approximate surface area is 148 Å². The van der Waals surface area contributed by atoms with E-state index < -0.39 is 0 Å². The summed E-state index contributed by atoms with van der Waals surface area (Å²) in [5.41, 5.74) is 4.43. The van der Waals surface area contributed by atoms with Gasteiger partial charge in [-0.15, -0.1) is 0 Å². The van der Waals surface area contributed by atoms with Crippen LogP contribution in [-0.4, -0.2) is 52.8 Å². The molecule has 1 saturated heterocycles. The molecule has 0 saturated carbocycles. The highest BCUT2D eigenvalue weighted by molar-refractivity contribution is 5.96. The predicted octanol–water partition coefficient (Wildman–Crippen LogP) is 2.93. The van der Waals surface area contributed by atoms with Gasteiger partial charge in [0.1, 0.15) is 0 Å². The van der Waals surface area contributed by atoms with Crippen molar-refractivity contribution in [2.75, 3.05) is 26.2 Å². The lowest BCUT2D eigenvalue weighted by molar-refractivity contribution is 0.0718. The summed E-state index contributed by atoms with van der Waals surface area (Å²) in [6.45, 7) is 8.36. The van der Waals surface area contributed by atoms with Crippen molar-refractivity contribution in [2.45, 2.75) is 27.2 Å². The van der Waals surface area contributed by atoms with E-state index in [2.05, 4.69) is 4.98 Å². The van der Waals surface area contributed by atoms with Crippen LogP contribution in [0.3, 0.4) is 0 Å². The van der Waals surface area contributed by atoms with E-state index in [4.69, 9.17) is 0 Å². The van der Waals surface area contributed by atoms with Gasteiger partial charge in [-0.2, -0.15) is 0 Å². The van der Waals surface area contributed by atoms with Crippen molar-refractivity contribution in [1.82, 2.24) is 14.8 Å². The second kappa shape index (κ2) is 7.13. The second-order valence-corrected chi connectivity index (χ2v) is 6.80. The van der Waals surface area contributed by atoms with Crippen LogP contribution < -0.4 is 0 Å². The maximum Gasteiger partial charge on any atom is 0.255 e. The summed E-state index contributed by atoms with van der Waals surface area (Å²) in [5.74, 6) is 0.0957. The molecule has 1 aliphatic rings. The number of H-pyrrole nitrogens is 1. The van der Waals surface area contributed by atoms with Gasteiger partial charge >= 0.3 is 0 Å². The maximum atomic E-state index is 12.8.